The molecule has 8 heteroatoms. The Morgan fingerprint density at radius 3 is 2.52 bits per heavy atom. The van der Waals surface area contributed by atoms with Gasteiger partial charge in [0, 0.05) is 21.0 Å². The molecule has 0 aliphatic rings. The van der Waals surface area contributed by atoms with E-state index in [4.69, 9.17) is 9.26 Å². The van der Waals surface area contributed by atoms with E-state index in [0.29, 0.717) is 22.5 Å². The zero-order valence-corrected chi connectivity index (χ0v) is 18.4. The number of anilines is 1. The van der Waals surface area contributed by atoms with Gasteiger partial charge in [-0.25, -0.2) is 9.78 Å². The number of amides is 1. The van der Waals surface area contributed by atoms with Gasteiger partial charge in [0.1, 0.15) is 0 Å². The maximum absolute atomic E-state index is 12.9. The minimum Gasteiger partial charge on any atom is -0.452 e. The Morgan fingerprint density at radius 1 is 1.10 bits per heavy atom. The number of fused-ring (bicyclic) bond motifs is 1. The van der Waals surface area contributed by atoms with Gasteiger partial charge in [-0.15, -0.1) is 11.3 Å². The number of carbonyl (C=O) groups is 2. The summed E-state index contributed by atoms with van der Waals surface area (Å²) >= 11 is 1.65. The average Bonchev–Trinajstić information content (AvgIpc) is 3.28. The normalized spacial score (nSPS) is 11.0. The Bertz CT molecular complexity index is 1290. The van der Waals surface area contributed by atoms with E-state index in [9.17, 15) is 9.59 Å². The van der Waals surface area contributed by atoms with Gasteiger partial charge in [0.05, 0.1) is 22.3 Å². The van der Waals surface area contributed by atoms with Crippen molar-refractivity contribution in [1.82, 2.24) is 10.1 Å². The van der Waals surface area contributed by atoms with Crippen molar-refractivity contribution in [1.29, 1.82) is 0 Å². The third kappa shape index (κ3) is 4.34. The van der Waals surface area contributed by atoms with Crippen molar-refractivity contribution in [3.8, 4) is 11.3 Å². The van der Waals surface area contributed by atoms with Crippen LogP contribution in [0.2, 0.25) is 0 Å². The van der Waals surface area contributed by atoms with E-state index in [0.717, 1.165) is 20.9 Å². The highest BCUT2D eigenvalue weighted by Gasteiger charge is 2.22. The van der Waals surface area contributed by atoms with Crippen LogP contribution in [0.5, 0.6) is 0 Å². The molecule has 1 amide bonds. The van der Waals surface area contributed by atoms with Gasteiger partial charge >= 0.3 is 5.97 Å². The number of aromatic nitrogens is 2. The molecule has 31 heavy (non-hydrogen) atoms. The van der Waals surface area contributed by atoms with E-state index in [1.165, 1.54) is 0 Å². The minimum absolute atomic E-state index is 0.259. The third-order valence-corrected chi connectivity index (χ3v) is 5.79. The summed E-state index contributed by atoms with van der Waals surface area (Å²) in [6.45, 7) is 7.29. The number of benzene rings is 1. The summed E-state index contributed by atoms with van der Waals surface area (Å²) in [5, 5.41) is 7.13. The van der Waals surface area contributed by atoms with Crippen LogP contribution in [0.15, 0.2) is 40.9 Å². The number of esters is 1. The van der Waals surface area contributed by atoms with E-state index in [1.54, 1.807) is 36.5 Å². The van der Waals surface area contributed by atoms with Gasteiger partial charge < -0.3 is 14.6 Å². The zero-order chi connectivity index (χ0) is 22.1. The third-order valence-electron chi connectivity index (χ3n) is 4.82. The van der Waals surface area contributed by atoms with Crippen LogP contribution in [0.1, 0.15) is 31.4 Å². The summed E-state index contributed by atoms with van der Waals surface area (Å²) in [7, 11) is 0. The molecule has 4 rings (SSSR count). The molecule has 3 aromatic heterocycles. The number of aryl methyl sites for hydroxylation is 4. The highest BCUT2D eigenvalue weighted by molar-refractivity contribution is 7.12. The molecule has 0 atom stereocenters. The van der Waals surface area contributed by atoms with Crippen LogP contribution in [0.3, 0.4) is 0 Å². The van der Waals surface area contributed by atoms with Crippen molar-refractivity contribution in [2.24, 2.45) is 0 Å². The molecule has 4 aromatic rings. The molecule has 0 fully saturated rings. The zero-order valence-electron chi connectivity index (χ0n) is 17.6. The second-order valence-electron chi connectivity index (χ2n) is 7.32. The van der Waals surface area contributed by atoms with Crippen molar-refractivity contribution in [3.05, 3.63) is 63.0 Å². The Morgan fingerprint density at radius 2 is 1.84 bits per heavy atom. The molecule has 0 spiro atoms. The number of hydrogen-bond donors (Lipinski definition) is 1. The smallest absolute Gasteiger partial charge is 0.339 e. The summed E-state index contributed by atoms with van der Waals surface area (Å²) in [6, 6.07) is 11.0. The van der Waals surface area contributed by atoms with Crippen molar-refractivity contribution < 1.29 is 18.8 Å². The fourth-order valence-electron chi connectivity index (χ4n) is 3.32. The van der Waals surface area contributed by atoms with Gasteiger partial charge in [-0.3, -0.25) is 4.79 Å². The predicted molar refractivity (Wildman–Crippen MR) is 119 cm³/mol. The Labute approximate surface area is 183 Å². The quantitative estimate of drug-likeness (QED) is 0.444. The van der Waals surface area contributed by atoms with Crippen molar-refractivity contribution in [3.63, 3.8) is 0 Å². The summed E-state index contributed by atoms with van der Waals surface area (Å²) in [6.07, 6.45) is 0. The van der Waals surface area contributed by atoms with E-state index in [1.807, 2.05) is 39.0 Å². The van der Waals surface area contributed by atoms with Crippen LogP contribution in [0, 0.1) is 27.7 Å². The van der Waals surface area contributed by atoms with Crippen LogP contribution in [0.25, 0.3) is 22.4 Å². The maximum atomic E-state index is 12.9. The second kappa shape index (κ2) is 8.31. The molecule has 0 radical (unpaired) electrons. The molecular weight excluding hydrogens is 414 g/mol. The molecule has 0 bridgehead atoms. The molecule has 158 valence electrons. The van der Waals surface area contributed by atoms with Crippen LogP contribution in [0.4, 0.5) is 5.69 Å². The van der Waals surface area contributed by atoms with E-state index >= 15 is 0 Å². The summed E-state index contributed by atoms with van der Waals surface area (Å²) in [5.41, 5.74) is 4.30. The Balaban J connectivity index is 1.58. The number of ether oxygens (including phenoxy) is 1. The highest BCUT2D eigenvalue weighted by Crippen LogP contribution is 2.33. The first kappa shape index (κ1) is 20.7. The van der Waals surface area contributed by atoms with E-state index in [2.05, 4.69) is 15.5 Å². The standard InChI is InChI=1S/C23H21N3O4S/c1-12-5-7-16(8-6-12)24-20(27)11-29-23(28)18-10-19(17-9-13(2)31-15(17)4)25-22-21(18)14(3)26-30-22/h5-10H,11H2,1-4H3,(H,24,27). The lowest BCUT2D eigenvalue weighted by Crippen LogP contribution is -2.21. The number of pyridine rings is 1. The largest absolute Gasteiger partial charge is 0.452 e. The van der Waals surface area contributed by atoms with Crippen LogP contribution < -0.4 is 5.32 Å². The van der Waals surface area contributed by atoms with Gasteiger partial charge in [-0.2, -0.15) is 0 Å². The lowest BCUT2D eigenvalue weighted by molar-refractivity contribution is -0.119. The van der Waals surface area contributed by atoms with Gasteiger partial charge in [-0.05, 0) is 52.0 Å². The highest BCUT2D eigenvalue weighted by atomic mass is 32.1. The predicted octanol–water partition coefficient (Wildman–Crippen LogP) is 4.98. The van der Waals surface area contributed by atoms with Crippen molar-refractivity contribution >= 4 is 40.0 Å². The number of nitrogens with one attached hydrogen (secondary N) is 1. The monoisotopic (exact) mass is 435 g/mol. The number of rotatable bonds is 5. The van der Waals surface area contributed by atoms with Crippen LogP contribution in [-0.2, 0) is 9.53 Å². The average molecular weight is 436 g/mol. The van der Waals surface area contributed by atoms with Gasteiger partial charge in [0.25, 0.3) is 11.6 Å². The number of nitrogens with zero attached hydrogens (tertiary/aromatic N) is 2. The van der Waals surface area contributed by atoms with Crippen LogP contribution >= 0.6 is 11.3 Å². The Hall–Kier alpha value is -3.52. The Kier molecular flexibility index (Phi) is 5.56. The summed E-state index contributed by atoms with van der Waals surface area (Å²) in [4.78, 5) is 31.9. The summed E-state index contributed by atoms with van der Waals surface area (Å²) in [5.74, 6) is -1.06. The topological polar surface area (TPSA) is 94.3 Å². The number of carbonyl (C=O) groups excluding carboxylic acids is 2. The minimum atomic E-state index is -0.636. The molecule has 1 aromatic carbocycles. The first-order chi connectivity index (χ1) is 14.8. The molecule has 0 unspecified atom stereocenters. The van der Waals surface area contributed by atoms with Gasteiger partial charge in [-0.1, -0.05) is 22.9 Å². The molecule has 3 heterocycles. The van der Waals surface area contributed by atoms with Gasteiger partial charge in [0.2, 0.25) is 0 Å². The molecule has 0 aliphatic carbocycles. The van der Waals surface area contributed by atoms with Crippen molar-refractivity contribution in [2.75, 3.05) is 11.9 Å². The molecule has 7 nitrogen and oxygen atoms in total. The fraction of sp³-hybridized carbons (Fsp3) is 0.217. The number of thiophene rings is 1. The fourth-order valence-corrected chi connectivity index (χ4v) is 4.25. The van der Waals surface area contributed by atoms with E-state index in [-0.39, 0.29) is 11.3 Å². The molecule has 0 saturated carbocycles. The second-order valence-corrected chi connectivity index (χ2v) is 8.78. The lowest BCUT2D eigenvalue weighted by atomic mass is 10.1. The van der Waals surface area contributed by atoms with Gasteiger partial charge in [0.15, 0.2) is 6.61 Å². The summed E-state index contributed by atoms with van der Waals surface area (Å²) < 4.78 is 10.6. The lowest BCUT2D eigenvalue weighted by Gasteiger charge is -2.09. The maximum Gasteiger partial charge on any atom is 0.339 e. The van der Waals surface area contributed by atoms with Crippen LogP contribution in [-0.4, -0.2) is 28.6 Å². The van der Waals surface area contributed by atoms with Crippen molar-refractivity contribution in [2.45, 2.75) is 27.7 Å². The molecule has 1 N–H and O–H groups in total. The molecule has 0 aliphatic heterocycles. The SMILES string of the molecule is Cc1ccc(NC(=O)COC(=O)c2cc(-c3cc(C)sc3C)nc3onc(C)c23)cc1. The first-order valence-electron chi connectivity index (χ1n) is 9.70. The number of hydrogen-bond acceptors (Lipinski definition) is 7. The first-order valence-corrected chi connectivity index (χ1v) is 10.5. The van der Waals surface area contributed by atoms with E-state index < -0.39 is 18.5 Å². The molecule has 0 saturated heterocycles. The molecular formula is C23H21N3O4S.